The van der Waals surface area contributed by atoms with E-state index >= 15 is 0 Å². The van der Waals surface area contributed by atoms with E-state index < -0.39 is 0 Å². The summed E-state index contributed by atoms with van der Waals surface area (Å²) in [6.45, 7) is 0.765. The number of nitrogens with two attached hydrogens (primary N) is 1. The fourth-order valence-corrected chi connectivity index (χ4v) is 2.42. The lowest BCUT2D eigenvalue weighted by Crippen LogP contribution is -2.44. The molecule has 1 aliphatic rings. The smallest absolute Gasteiger partial charge is 0.242 e. The molecule has 3 rings (SSSR count). The summed E-state index contributed by atoms with van der Waals surface area (Å²) >= 11 is 0. The van der Waals surface area contributed by atoms with Crippen LogP contribution in [-0.4, -0.2) is 23.5 Å². The number of hydrogen-bond donors (Lipinski definition) is 3. The first-order valence-electron chi connectivity index (χ1n) is 6.43. The number of anilines is 2. The summed E-state index contributed by atoms with van der Waals surface area (Å²) in [5.41, 5.74) is 8.23. The van der Waals surface area contributed by atoms with Crippen LogP contribution in [0.15, 0.2) is 30.5 Å². The maximum absolute atomic E-state index is 11.8. The molecule has 98 valence electrons. The van der Waals surface area contributed by atoms with Crippen LogP contribution in [0.1, 0.15) is 12.8 Å². The zero-order valence-electron chi connectivity index (χ0n) is 10.5. The number of aromatic nitrogens is 1. The van der Waals surface area contributed by atoms with Crippen LogP contribution in [0.4, 0.5) is 11.4 Å². The Morgan fingerprint density at radius 2 is 2.26 bits per heavy atom. The van der Waals surface area contributed by atoms with Crippen molar-refractivity contribution in [2.24, 2.45) is 0 Å². The predicted octanol–water partition coefficient (Wildman–Crippen LogP) is 1.51. The van der Waals surface area contributed by atoms with E-state index in [9.17, 15) is 4.79 Å². The second-order valence-electron chi connectivity index (χ2n) is 4.73. The second kappa shape index (κ2) is 4.76. The van der Waals surface area contributed by atoms with Gasteiger partial charge in [0.2, 0.25) is 5.91 Å². The van der Waals surface area contributed by atoms with Crippen LogP contribution < -0.4 is 16.4 Å². The number of piperidine rings is 1. The van der Waals surface area contributed by atoms with Gasteiger partial charge in [0, 0.05) is 23.8 Å². The number of fused-ring (bicyclic) bond motifs is 1. The highest BCUT2D eigenvalue weighted by Crippen LogP contribution is 2.27. The Morgan fingerprint density at radius 1 is 1.37 bits per heavy atom. The number of hydrogen-bond acceptors (Lipinski definition) is 4. The van der Waals surface area contributed by atoms with Gasteiger partial charge in [-0.25, -0.2) is 0 Å². The fourth-order valence-electron chi connectivity index (χ4n) is 2.42. The zero-order chi connectivity index (χ0) is 13.2. The highest BCUT2D eigenvalue weighted by molar-refractivity contribution is 5.99. The maximum Gasteiger partial charge on any atom is 0.242 e. The van der Waals surface area contributed by atoms with Crippen LogP contribution in [0.2, 0.25) is 0 Å². The van der Waals surface area contributed by atoms with E-state index in [2.05, 4.69) is 15.6 Å². The van der Waals surface area contributed by atoms with E-state index in [0.717, 1.165) is 36.0 Å². The summed E-state index contributed by atoms with van der Waals surface area (Å²) < 4.78 is 0. The van der Waals surface area contributed by atoms with Gasteiger partial charge in [-0.2, -0.15) is 0 Å². The number of benzene rings is 1. The Hall–Kier alpha value is -2.30. The van der Waals surface area contributed by atoms with Crippen LogP contribution >= 0.6 is 0 Å². The van der Waals surface area contributed by atoms with Crippen molar-refractivity contribution in [1.82, 2.24) is 10.3 Å². The topological polar surface area (TPSA) is 80.0 Å². The van der Waals surface area contributed by atoms with Gasteiger partial charge in [-0.3, -0.25) is 9.78 Å². The number of carbonyl (C=O) groups excluding carboxylic acids is 1. The van der Waals surface area contributed by atoms with E-state index in [-0.39, 0.29) is 11.9 Å². The molecule has 19 heavy (non-hydrogen) atoms. The number of pyridine rings is 1. The number of amides is 1. The molecular formula is C14H16N4O. The highest BCUT2D eigenvalue weighted by Gasteiger charge is 2.22. The van der Waals surface area contributed by atoms with Crippen LogP contribution in [-0.2, 0) is 4.79 Å². The van der Waals surface area contributed by atoms with Gasteiger partial charge in [0.15, 0.2) is 0 Å². The van der Waals surface area contributed by atoms with E-state index in [1.807, 2.05) is 24.3 Å². The standard InChI is InChI=1S/C14H16N4O/c15-10-5-6-11(9-3-1-7-16-13(9)10)18-12-4-2-8-17-14(12)19/h1,3,5-7,12,18H,2,4,8,15H2,(H,17,19). The average Bonchev–Trinajstić information content (AvgIpc) is 2.44. The molecule has 2 heterocycles. The first kappa shape index (κ1) is 11.8. The first-order chi connectivity index (χ1) is 9.25. The molecule has 1 saturated heterocycles. The second-order valence-corrected chi connectivity index (χ2v) is 4.73. The largest absolute Gasteiger partial charge is 0.397 e. The summed E-state index contributed by atoms with van der Waals surface area (Å²) in [7, 11) is 0. The molecule has 1 fully saturated rings. The molecule has 5 nitrogen and oxygen atoms in total. The minimum atomic E-state index is -0.180. The van der Waals surface area contributed by atoms with Gasteiger partial charge in [0.1, 0.15) is 6.04 Å². The molecule has 2 aromatic rings. The Bertz CT molecular complexity index is 626. The molecular weight excluding hydrogens is 240 g/mol. The minimum Gasteiger partial charge on any atom is -0.397 e. The van der Waals surface area contributed by atoms with Crippen molar-refractivity contribution in [2.45, 2.75) is 18.9 Å². The molecule has 1 atom stereocenters. The Balaban J connectivity index is 1.97. The van der Waals surface area contributed by atoms with E-state index in [0.29, 0.717) is 5.69 Å². The number of carbonyl (C=O) groups is 1. The van der Waals surface area contributed by atoms with E-state index in [4.69, 9.17) is 5.73 Å². The third kappa shape index (κ3) is 2.19. The van der Waals surface area contributed by atoms with Crippen molar-refractivity contribution in [3.8, 4) is 0 Å². The summed E-state index contributed by atoms with van der Waals surface area (Å²) in [6, 6.07) is 7.37. The molecule has 0 radical (unpaired) electrons. The molecule has 4 N–H and O–H groups in total. The van der Waals surface area contributed by atoms with Crippen molar-refractivity contribution >= 4 is 28.2 Å². The lowest BCUT2D eigenvalue weighted by molar-refractivity contribution is -0.123. The monoisotopic (exact) mass is 256 g/mol. The minimum absolute atomic E-state index is 0.0557. The number of nitrogens with one attached hydrogen (secondary N) is 2. The summed E-state index contributed by atoms with van der Waals surface area (Å²) in [5, 5.41) is 7.11. The Labute approximate surface area is 111 Å². The normalized spacial score (nSPS) is 19.2. The summed E-state index contributed by atoms with van der Waals surface area (Å²) in [5.74, 6) is 0.0557. The fraction of sp³-hybridized carbons (Fsp3) is 0.286. The van der Waals surface area contributed by atoms with Gasteiger partial charge < -0.3 is 16.4 Å². The number of nitrogens with zero attached hydrogens (tertiary/aromatic N) is 1. The molecule has 1 aromatic carbocycles. The Kier molecular flexibility index (Phi) is 2.95. The molecule has 0 spiro atoms. The molecule has 0 bridgehead atoms. The van der Waals surface area contributed by atoms with Crippen LogP contribution in [0.3, 0.4) is 0 Å². The molecule has 1 unspecified atom stereocenters. The van der Waals surface area contributed by atoms with Crippen LogP contribution in [0, 0.1) is 0 Å². The molecule has 0 aliphatic carbocycles. The number of nitrogen functional groups attached to an aromatic ring is 1. The van der Waals surface area contributed by atoms with E-state index in [1.54, 1.807) is 6.20 Å². The van der Waals surface area contributed by atoms with Crippen molar-refractivity contribution in [1.29, 1.82) is 0 Å². The molecule has 1 aromatic heterocycles. The van der Waals surface area contributed by atoms with Gasteiger partial charge in [-0.1, -0.05) is 0 Å². The van der Waals surface area contributed by atoms with Crippen molar-refractivity contribution < 1.29 is 4.79 Å². The van der Waals surface area contributed by atoms with Gasteiger partial charge in [0.05, 0.1) is 11.2 Å². The lowest BCUT2D eigenvalue weighted by Gasteiger charge is -2.24. The van der Waals surface area contributed by atoms with Crippen molar-refractivity contribution in [3.63, 3.8) is 0 Å². The predicted molar refractivity (Wildman–Crippen MR) is 75.8 cm³/mol. The maximum atomic E-state index is 11.8. The Morgan fingerprint density at radius 3 is 3.11 bits per heavy atom. The SMILES string of the molecule is Nc1ccc(NC2CCCNC2=O)c2cccnc12. The summed E-state index contributed by atoms with van der Waals surface area (Å²) in [4.78, 5) is 16.1. The van der Waals surface area contributed by atoms with Gasteiger partial charge in [-0.05, 0) is 37.1 Å². The van der Waals surface area contributed by atoms with Crippen molar-refractivity contribution in [2.75, 3.05) is 17.6 Å². The molecule has 5 heteroatoms. The lowest BCUT2D eigenvalue weighted by atomic mass is 10.1. The molecule has 1 aliphatic heterocycles. The van der Waals surface area contributed by atoms with Gasteiger partial charge >= 0.3 is 0 Å². The quantitative estimate of drug-likeness (QED) is 0.711. The number of rotatable bonds is 2. The first-order valence-corrected chi connectivity index (χ1v) is 6.43. The van der Waals surface area contributed by atoms with Crippen LogP contribution in [0.25, 0.3) is 10.9 Å². The summed E-state index contributed by atoms with van der Waals surface area (Å²) in [6.07, 6.45) is 3.56. The highest BCUT2D eigenvalue weighted by atomic mass is 16.2. The third-order valence-electron chi connectivity index (χ3n) is 3.42. The van der Waals surface area contributed by atoms with Gasteiger partial charge in [0.25, 0.3) is 0 Å². The zero-order valence-corrected chi connectivity index (χ0v) is 10.5. The third-order valence-corrected chi connectivity index (χ3v) is 3.42. The van der Waals surface area contributed by atoms with Gasteiger partial charge in [-0.15, -0.1) is 0 Å². The van der Waals surface area contributed by atoms with Crippen molar-refractivity contribution in [3.05, 3.63) is 30.5 Å². The molecule has 1 amide bonds. The average molecular weight is 256 g/mol. The van der Waals surface area contributed by atoms with E-state index in [1.165, 1.54) is 0 Å². The molecule has 0 saturated carbocycles. The van der Waals surface area contributed by atoms with Crippen LogP contribution in [0.5, 0.6) is 0 Å².